The van der Waals surface area contributed by atoms with Gasteiger partial charge in [-0.2, -0.15) is 0 Å². The second kappa shape index (κ2) is 6.55. The smallest absolute Gasteiger partial charge is 0.314 e. The van der Waals surface area contributed by atoms with Crippen molar-refractivity contribution in [3.63, 3.8) is 0 Å². The molecule has 0 N–H and O–H groups in total. The third-order valence-electron chi connectivity index (χ3n) is 4.04. The molecule has 0 bridgehead atoms. The van der Waals surface area contributed by atoms with Gasteiger partial charge in [-0.3, -0.25) is 8.63 Å². The third kappa shape index (κ3) is 2.93. The summed E-state index contributed by atoms with van der Waals surface area (Å²) in [7, 11) is -2.67. The average molecular weight is 445 g/mol. The van der Waals surface area contributed by atoms with Crippen LogP contribution < -0.4 is 5.49 Å². The fourth-order valence-corrected chi connectivity index (χ4v) is 3.41. The minimum atomic E-state index is -2.67. The molecule has 3 nitrogen and oxygen atoms in total. The highest BCUT2D eigenvalue weighted by Gasteiger charge is 2.24. The van der Waals surface area contributed by atoms with Crippen molar-refractivity contribution in [2.75, 3.05) is 0 Å². The molecule has 122 valence electrons. The summed E-state index contributed by atoms with van der Waals surface area (Å²) in [6.45, 7) is 0. The van der Waals surface area contributed by atoms with Crippen molar-refractivity contribution in [3.05, 3.63) is 87.0 Å². The minimum Gasteiger partial charge on any atom is -0.314 e. The van der Waals surface area contributed by atoms with Crippen LogP contribution in [0.1, 0.15) is 11.1 Å². The summed E-state index contributed by atoms with van der Waals surface area (Å²) in [6.07, 6.45) is 1.36. The summed E-state index contributed by atoms with van der Waals surface area (Å²) in [6, 6.07) is 19.1. The largest absolute Gasteiger partial charge is 0.678 e. The Morgan fingerprint density at radius 1 is 0.760 bits per heavy atom. The summed E-state index contributed by atoms with van der Waals surface area (Å²) in [5, 5.41) is 8.45. The van der Waals surface area contributed by atoms with E-state index in [0.717, 1.165) is 26.7 Å². The number of aromatic nitrogens is 1. The van der Waals surface area contributed by atoms with E-state index in [9.17, 15) is 8.63 Å². The van der Waals surface area contributed by atoms with Crippen molar-refractivity contribution in [1.82, 2.24) is 4.48 Å². The average Bonchev–Trinajstić information content (AvgIpc) is 2.95. The van der Waals surface area contributed by atoms with Gasteiger partial charge in [0.05, 0.1) is 0 Å². The Labute approximate surface area is 157 Å². The first-order valence-corrected chi connectivity index (χ1v) is 8.70. The van der Waals surface area contributed by atoms with Crippen LogP contribution in [0.25, 0.3) is 11.1 Å². The molecule has 25 heavy (non-hydrogen) atoms. The molecule has 3 aromatic rings. The number of fused-ring (bicyclic) bond motifs is 3. The molecule has 0 fully saturated rings. The van der Waals surface area contributed by atoms with Crippen LogP contribution >= 0.6 is 22.6 Å². The van der Waals surface area contributed by atoms with Crippen LogP contribution in [0.2, 0.25) is 0 Å². The van der Waals surface area contributed by atoms with Crippen molar-refractivity contribution in [1.29, 1.82) is 0 Å². The topological polar surface area (TPSA) is 29.6 Å². The summed E-state index contributed by atoms with van der Waals surface area (Å²) in [5.41, 5.74) is 4.89. The first-order valence-electron chi connectivity index (χ1n) is 7.62. The molecule has 7 heteroatoms. The highest BCUT2D eigenvalue weighted by molar-refractivity contribution is 14.1. The van der Waals surface area contributed by atoms with Crippen LogP contribution in [0, 0.1) is 3.57 Å². The van der Waals surface area contributed by atoms with Gasteiger partial charge in [0.2, 0.25) is 0 Å². The van der Waals surface area contributed by atoms with Crippen molar-refractivity contribution in [3.8, 4) is 11.1 Å². The van der Waals surface area contributed by atoms with Crippen molar-refractivity contribution in [2.24, 2.45) is 10.2 Å². The predicted molar refractivity (Wildman–Crippen MR) is 104 cm³/mol. The molecule has 0 unspecified atom stereocenters. The summed E-state index contributed by atoms with van der Waals surface area (Å²) in [5.74, 6) is 0. The van der Waals surface area contributed by atoms with E-state index >= 15 is 0 Å². The van der Waals surface area contributed by atoms with Crippen molar-refractivity contribution < 1.29 is 8.63 Å². The van der Waals surface area contributed by atoms with Gasteiger partial charge in [-0.05, 0) is 45.9 Å². The number of pyridine rings is 1. The molecule has 2 aromatic carbocycles. The lowest BCUT2D eigenvalue weighted by Crippen LogP contribution is -2.29. The molecule has 4 rings (SSSR count). The van der Waals surface area contributed by atoms with Crippen molar-refractivity contribution >= 4 is 35.7 Å². The second-order valence-electron chi connectivity index (χ2n) is 5.53. The Balaban J connectivity index is 1.91. The van der Waals surface area contributed by atoms with Crippen LogP contribution in [0.15, 0.2) is 77.1 Å². The van der Waals surface area contributed by atoms with Crippen LogP contribution in [0.5, 0.6) is 0 Å². The molecule has 0 radical (unpaired) electrons. The second-order valence-corrected chi connectivity index (χ2v) is 6.78. The molecule has 1 aliphatic rings. The van der Waals surface area contributed by atoms with E-state index < -0.39 is 7.40 Å². The Hall–Kier alpha value is -2.29. The molecule has 0 aliphatic heterocycles. The van der Waals surface area contributed by atoms with Gasteiger partial charge in [0.1, 0.15) is 11.2 Å². The number of nitrogens with zero attached hydrogens (tertiary/aromatic N) is 3. The number of halogens is 3. The Morgan fingerprint density at radius 2 is 1.32 bits per heavy atom. The standard InChI is InChI=1S/C18H11BF2IN3/c20-19(21)25-11-12(22)9-10-17(25)23-24-18-15-7-3-1-5-13(15)14-6-2-4-8-16(14)18/h1-11H/b23-17-. The lowest BCUT2D eigenvalue weighted by atomic mass is 10.1. The molecular formula is C18H11BF2IN3. The Kier molecular flexibility index (Phi) is 4.24. The van der Waals surface area contributed by atoms with E-state index in [-0.39, 0.29) is 5.49 Å². The van der Waals surface area contributed by atoms with Crippen molar-refractivity contribution in [2.45, 2.75) is 0 Å². The summed E-state index contributed by atoms with van der Waals surface area (Å²) >= 11 is 1.99. The maximum absolute atomic E-state index is 13.2. The monoisotopic (exact) mass is 445 g/mol. The zero-order chi connectivity index (χ0) is 17.4. The van der Waals surface area contributed by atoms with Crippen LogP contribution in [0.3, 0.4) is 0 Å². The zero-order valence-electron chi connectivity index (χ0n) is 12.9. The van der Waals surface area contributed by atoms with Gasteiger partial charge in [0.15, 0.2) is 0 Å². The van der Waals surface area contributed by atoms with Gasteiger partial charge in [0.25, 0.3) is 0 Å². The third-order valence-corrected chi connectivity index (χ3v) is 4.67. The quantitative estimate of drug-likeness (QED) is 0.252. The zero-order valence-corrected chi connectivity index (χ0v) is 15.1. The molecule has 0 atom stereocenters. The van der Waals surface area contributed by atoms with Gasteiger partial charge in [-0.15, -0.1) is 10.2 Å². The van der Waals surface area contributed by atoms with E-state index in [4.69, 9.17) is 0 Å². The molecule has 1 aromatic heterocycles. The Morgan fingerprint density at radius 3 is 1.88 bits per heavy atom. The maximum Gasteiger partial charge on any atom is 0.678 e. The predicted octanol–water partition coefficient (Wildman–Crippen LogP) is 4.20. The molecule has 1 aliphatic carbocycles. The van der Waals surface area contributed by atoms with E-state index in [2.05, 4.69) is 10.2 Å². The SMILES string of the molecule is FB(F)n1cc(I)cc/c1=N/N=C1c2ccccc2-c2ccccc21. The normalized spacial score (nSPS) is 12.8. The van der Waals surface area contributed by atoms with E-state index in [0.29, 0.717) is 9.28 Å². The maximum atomic E-state index is 13.2. The lowest BCUT2D eigenvalue weighted by Gasteiger charge is -2.03. The van der Waals surface area contributed by atoms with E-state index in [1.165, 1.54) is 6.20 Å². The molecular weight excluding hydrogens is 434 g/mol. The number of hydrogen-bond acceptors (Lipinski definition) is 2. The molecule has 0 saturated carbocycles. The van der Waals surface area contributed by atoms with E-state index in [1.54, 1.807) is 12.1 Å². The number of benzene rings is 2. The first-order chi connectivity index (χ1) is 12.1. The first kappa shape index (κ1) is 16.2. The van der Waals surface area contributed by atoms with Crippen LogP contribution in [0.4, 0.5) is 8.63 Å². The van der Waals surface area contributed by atoms with Crippen LogP contribution in [-0.2, 0) is 0 Å². The number of hydrogen-bond donors (Lipinski definition) is 0. The fourth-order valence-electron chi connectivity index (χ4n) is 2.93. The van der Waals surface area contributed by atoms with E-state index in [1.807, 2.05) is 71.1 Å². The summed E-state index contributed by atoms with van der Waals surface area (Å²) in [4.78, 5) is 0. The molecule has 0 spiro atoms. The van der Waals surface area contributed by atoms with Gasteiger partial charge < -0.3 is 4.48 Å². The highest BCUT2D eigenvalue weighted by Crippen LogP contribution is 2.36. The fraction of sp³-hybridized carbons (Fsp3) is 0. The lowest BCUT2D eigenvalue weighted by molar-refractivity contribution is 0.618. The number of rotatable bonds is 2. The molecule has 0 saturated heterocycles. The van der Waals surface area contributed by atoms with Gasteiger partial charge >= 0.3 is 7.40 Å². The molecule has 0 amide bonds. The van der Waals surface area contributed by atoms with Crippen LogP contribution in [-0.4, -0.2) is 17.6 Å². The van der Waals surface area contributed by atoms with Gasteiger partial charge in [-0.1, -0.05) is 48.5 Å². The summed E-state index contributed by atoms with van der Waals surface area (Å²) < 4.78 is 28.0. The molecule has 1 heterocycles. The van der Waals surface area contributed by atoms with Gasteiger partial charge in [-0.25, -0.2) is 0 Å². The van der Waals surface area contributed by atoms with Gasteiger partial charge in [0, 0.05) is 20.9 Å². The Bertz CT molecular complexity index is 1010. The minimum absolute atomic E-state index is 0.116. The highest BCUT2D eigenvalue weighted by atomic mass is 127.